The third-order valence-electron chi connectivity index (χ3n) is 3.52. The Morgan fingerprint density at radius 1 is 1.15 bits per heavy atom. The number of anilines is 2. The van der Waals surface area contributed by atoms with E-state index in [1.165, 1.54) is 28.0 Å². The second-order valence-electron chi connectivity index (χ2n) is 5.40. The lowest BCUT2D eigenvalue weighted by atomic mass is 10.2. The molecule has 1 amide bonds. The van der Waals surface area contributed by atoms with Gasteiger partial charge in [-0.25, -0.2) is 0 Å². The number of thioether (sulfide) groups is 1. The van der Waals surface area contributed by atoms with Crippen LogP contribution in [0.15, 0.2) is 40.1 Å². The third-order valence-corrected chi connectivity index (χ3v) is 7.01. The summed E-state index contributed by atoms with van der Waals surface area (Å²) in [5.41, 5.74) is 2.18. The van der Waals surface area contributed by atoms with Crippen LogP contribution >= 0.6 is 46.2 Å². The molecule has 3 aromatic heterocycles. The second kappa shape index (κ2) is 8.74. The molecular formula is C16H14N6OS4. The molecule has 0 atom stereocenters. The molecule has 27 heavy (non-hydrogen) atoms. The summed E-state index contributed by atoms with van der Waals surface area (Å²) in [6.45, 7) is 0.811. The first-order valence-corrected chi connectivity index (χ1v) is 11.4. The number of carbonyl (C=O) groups is 1. The molecule has 0 unspecified atom stereocenters. The van der Waals surface area contributed by atoms with Crippen molar-refractivity contribution < 1.29 is 4.79 Å². The summed E-state index contributed by atoms with van der Waals surface area (Å²) in [6.07, 6.45) is 0.957. The zero-order valence-electron chi connectivity index (χ0n) is 13.9. The van der Waals surface area contributed by atoms with Gasteiger partial charge in [0.2, 0.25) is 11.0 Å². The Bertz CT molecular complexity index is 1030. The molecule has 4 rings (SSSR count). The monoisotopic (exact) mass is 434 g/mol. The lowest BCUT2D eigenvalue weighted by molar-refractivity contribution is -0.113. The van der Waals surface area contributed by atoms with E-state index >= 15 is 0 Å². The fourth-order valence-corrected chi connectivity index (χ4v) is 5.14. The topological polar surface area (TPSA) is 92.7 Å². The molecule has 3 heterocycles. The first-order valence-electron chi connectivity index (χ1n) is 8.01. The number of aromatic nitrogens is 4. The van der Waals surface area contributed by atoms with Gasteiger partial charge in [-0.1, -0.05) is 35.2 Å². The van der Waals surface area contributed by atoms with Crippen molar-refractivity contribution in [3.05, 3.63) is 40.6 Å². The Kier molecular flexibility index (Phi) is 5.92. The molecule has 0 aliphatic carbocycles. The molecule has 0 saturated carbocycles. The normalized spacial score (nSPS) is 11.0. The average molecular weight is 435 g/mol. The predicted molar refractivity (Wildman–Crippen MR) is 113 cm³/mol. The summed E-state index contributed by atoms with van der Waals surface area (Å²) >= 11 is 5.70. The van der Waals surface area contributed by atoms with Crippen LogP contribution in [0.3, 0.4) is 0 Å². The molecule has 11 heteroatoms. The lowest BCUT2D eigenvalue weighted by Crippen LogP contribution is -2.14. The largest absolute Gasteiger partial charge is 0.360 e. The summed E-state index contributed by atoms with van der Waals surface area (Å²) in [5.74, 6) is 0.153. The van der Waals surface area contributed by atoms with Crippen LogP contribution in [0.1, 0.15) is 4.88 Å². The van der Waals surface area contributed by atoms with E-state index in [0.717, 1.165) is 39.7 Å². The van der Waals surface area contributed by atoms with Gasteiger partial charge in [-0.2, -0.15) is 8.75 Å². The van der Waals surface area contributed by atoms with E-state index in [1.54, 1.807) is 11.3 Å². The van der Waals surface area contributed by atoms with E-state index in [2.05, 4.69) is 47.1 Å². The van der Waals surface area contributed by atoms with E-state index in [9.17, 15) is 4.79 Å². The second-order valence-corrected chi connectivity index (χ2v) is 9.16. The number of fused-ring (bicyclic) bond motifs is 1. The number of amides is 1. The van der Waals surface area contributed by atoms with Crippen LogP contribution in [0.2, 0.25) is 0 Å². The molecule has 1 aromatic carbocycles. The van der Waals surface area contributed by atoms with Gasteiger partial charge in [0, 0.05) is 11.4 Å². The molecule has 0 saturated heterocycles. The maximum atomic E-state index is 12.2. The average Bonchev–Trinajstić information content (AvgIpc) is 3.42. The van der Waals surface area contributed by atoms with Crippen molar-refractivity contribution in [2.24, 2.45) is 0 Å². The van der Waals surface area contributed by atoms with Crippen LogP contribution in [0.25, 0.3) is 11.0 Å². The van der Waals surface area contributed by atoms with Crippen molar-refractivity contribution in [2.45, 2.75) is 10.8 Å². The number of carbonyl (C=O) groups excluding carboxylic acids is 1. The maximum Gasteiger partial charge on any atom is 0.234 e. The van der Waals surface area contributed by atoms with Gasteiger partial charge in [0.25, 0.3) is 0 Å². The molecule has 0 aliphatic rings. The molecule has 0 radical (unpaired) electrons. The maximum absolute atomic E-state index is 12.2. The molecular weight excluding hydrogens is 420 g/mol. The number of nitrogens with zero attached hydrogens (tertiary/aromatic N) is 4. The number of nitrogens with one attached hydrogen (secondary N) is 2. The summed E-state index contributed by atoms with van der Waals surface area (Å²) in [4.78, 5) is 13.6. The van der Waals surface area contributed by atoms with Crippen LogP contribution in [0.5, 0.6) is 0 Å². The molecule has 7 nitrogen and oxygen atoms in total. The van der Waals surface area contributed by atoms with Gasteiger partial charge < -0.3 is 10.6 Å². The van der Waals surface area contributed by atoms with E-state index in [4.69, 9.17) is 0 Å². The van der Waals surface area contributed by atoms with Crippen molar-refractivity contribution in [3.8, 4) is 0 Å². The summed E-state index contributed by atoms with van der Waals surface area (Å²) in [7, 11) is 0. The van der Waals surface area contributed by atoms with Crippen molar-refractivity contribution in [1.82, 2.24) is 18.9 Å². The van der Waals surface area contributed by atoms with Gasteiger partial charge in [-0.05, 0) is 30.0 Å². The lowest BCUT2D eigenvalue weighted by Gasteiger charge is -2.04. The van der Waals surface area contributed by atoms with Crippen LogP contribution in [0, 0.1) is 0 Å². The zero-order chi connectivity index (χ0) is 18.5. The Labute approximate surface area is 171 Å². The highest BCUT2D eigenvalue weighted by atomic mass is 32.2. The fourth-order valence-electron chi connectivity index (χ4n) is 2.31. The Morgan fingerprint density at radius 2 is 2.11 bits per heavy atom. The van der Waals surface area contributed by atoms with Gasteiger partial charge >= 0.3 is 0 Å². The van der Waals surface area contributed by atoms with Crippen molar-refractivity contribution >= 4 is 73.9 Å². The molecule has 138 valence electrons. The number of thiophene rings is 1. The highest BCUT2D eigenvalue weighted by Gasteiger charge is 2.11. The van der Waals surface area contributed by atoms with E-state index in [0.29, 0.717) is 11.2 Å². The van der Waals surface area contributed by atoms with Crippen molar-refractivity contribution in [2.75, 3.05) is 22.9 Å². The van der Waals surface area contributed by atoms with E-state index in [1.807, 2.05) is 18.2 Å². The van der Waals surface area contributed by atoms with E-state index < -0.39 is 0 Å². The first-order chi connectivity index (χ1) is 13.3. The SMILES string of the molecule is O=C(CSc1nnc(NCCc2cccs2)s1)Nc1cccc2nsnc12. The van der Waals surface area contributed by atoms with Crippen molar-refractivity contribution in [3.63, 3.8) is 0 Å². The molecule has 0 fully saturated rings. The van der Waals surface area contributed by atoms with E-state index in [-0.39, 0.29) is 11.7 Å². The first kappa shape index (κ1) is 18.3. The number of rotatable bonds is 8. The molecule has 0 bridgehead atoms. The van der Waals surface area contributed by atoms with Crippen LogP contribution in [-0.4, -0.2) is 37.1 Å². The van der Waals surface area contributed by atoms with Gasteiger partial charge in [0.1, 0.15) is 11.0 Å². The van der Waals surface area contributed by atoms with Gasteiger partial charge in [0.15, 0.2) is 4.34 Å². The van der Waals surface area contributed by atoms with Crippen LogP contribution < -0.4 is 10.6 Å². The molecule has 2 N–H and O–H groups in total. The third kappa shape index (κ3) is 4.80. The fraction of sp³-hybridized carbons (Fsp3) is 0.188. The summed E-state index contributed by atoms with van der Waals surface area (Å²) in [5, 5.41) is 17.2. The Hall–Kier alpha value is -2.08. The standard InChI is InChI=1S/C16H14N6OS4/c23-13(18-11-4-1-5-12-14(11)22-27-21-12)9-25-16-20-19-15(26-16)17-7-6-10-3-2-8-24-10/h1-5,8H,6-7,9H2,(H,17,19)(H,18,23). The van der Waals surface area contributed by atoms with Gasteiger partial charge in [0.05, 0.1) is 23.2 Å². The van der Waals surface area contributed by atoms with Crippen LogP contribution in [-0.2, 0) is 11.2 Å². The predicted octanol–water partition coefficient (Wildman–Crippen LogP) is 3.99. The van der Waals surface area contributed by atoms with Crippen molar-refractivity contribution in [1.29, 1.82) is 0 Å². The molecule has 0 spiro atoms. The minimum Gasteiger partial charge on any atom is -0.360 e. The zero-order valence-corrected chi connectivity index (χ0v) is 17.2. The Balaban J connectivity index is 1.25. The molecule has 0 aliphatic heterocycles. The summed E-state index contributed by atoms with van der Waals surface area (Å²) < 4.78 is 9.16. The van der Waals surface area contributed by atoms with Gasteiger partial charge in [-0.3, -0.25) is 4.79 Å². The minimum atomic E-state index is -0.108. The quantitative estimate of drug-likeness (QED) is 0.405. The highest BCUT2D eigenvalue weighted by molar-refractivity contribution is 8.01. The number of hydrogen-bond donors (Lipinski definition) is 2. The minimum absolute atomic E-state index is 0.108. The highest BCUT2D eigenvalue weighted by Crippen LogP contribution is 2.26. The smallest absolute Gasteiger partial charge is 0.234 e. The van der Waals surface area contributed by atoms with Gasteiger partial charge in [-0.15, -0.1) is 21.5 Å². The Morgan fingerprint density at radius 3 is 3.00 bits per heavy atom. The molecule has 4 aromatic rings. The number of hydrogen-bond acceptors (Lipinski definition) is 10. The number of benzene rings is 1. The van der Waals surface area contributed by atoms with Crippen LogP contribution in [0.4, 0.5) is 10.8 Å². The summed E-state index contributed by atoms with van der Waals surface area (Å²) in [6, 6.07) is 9.72.